The van der Waals surface area contributed by atoms with Crippen molar-refractivity contribution in [2.45, 2.75) is 26.5 Å². The second-order valence-electron chi connectivity index (χ2n) is 10.4. The summed E-state index contributed by atoms with van der Waals surface area (Å²) in [4.78, 5) is 37.6. The zero-order valence-corrected chi connectivity index (χ0v) is 26.0. The van der Waals surface area contributed by atoms with Crippen molar-refractivity contribution in [3.63, 3.8) is 0 Å². The lowest BCUT2D eigenvalue weighted by molar-refractivity contribution is -0.139. The van der Waals surface area contributed by atoms with Crippen LogP contribution >= 0.6 is 0 Å². The molecule has 0 saturated heterocycles. The summed E-state index contributed by atoms with van der Waals surface area (Å²) >= 11 is 0. The largest absolute Gasteiger partial charge is 0.493 e. The summed E-state index contributed by atoms with van der Waals surface area (Å²) < 4.78 is 36.5. The van der Waals surface area contributed by atoms with Gasteiger partial charge in [0, 0.05) is 16.8 Å². The number of hydrogen-bond acceptors (Lipinski definition) is 8. The zero-order chi connectivity index (χ0) is 33.3. The molecule has 4 aromatic carbocycles. The predicted molar refractivity (Wildman–Crippen MR) is 173 cm³/mol. The van der Waals surface area contributed by atoms with Crippen molar-refractivity contribution in [1.29, 1.82) is 0 Å². The molecule has 47 heavy (non-hydrogen) atoms. The fraction of sp³-hybridized carbons (Fsp3) is 0.200. The molecule has 1 aliphatic heterocycles. The number of hydrazone groups is 1. The molecule has 0 bridgehead atoms. The number of nitrogens with one attached hydrogen (secondary N) is 3. The standard InChI is InChI=1S/C35H33FN4O7/c1-4-45-34(42)32-21(2)38-35(43)39-33(32)23-14-16-29(30(17-23)44-3)47-20-31(41)40-37-18-26-25-11-7-5-9-22(25)13-15-28(26)46-19-24-10-6-8-12-27(24)36/h5-18,33H,4,19-20H2,1-3H3,(H,40,41)(H2,38,39,43)/b37-18+/t33-/m1/s1. The Kier molecular flexibility index (Phi) is 10.3. The first kappa shape index (κ1) is 32.5. The molecular formula is C35H33FN4O7. The maximum atomic E-state index is 14.2. The minimum atomic E-state index is -0.793. The van der Waals surface area contributed by atoms with Crippen LogP contribution in [0.5, 0.6) is 17.2 Å². The van der Waals surface area contributed by atoms with Crippen molar-refractivity contribution in [2.75, 3.05) is 20.3 Å². The molecular weight excluding hydrogens is 607 g/mol. The number of nitrogens with zero attached hydrogens (tertiary/aromatic N) is 1. The first-order chi connectivity index (χ1) is 22.8. The number of carbonyl (C=O) groups excluding carboxylic acids is 3. The highest BCUT2D eigenvalue weighted by Crippen LogP contribution is 2.35. The number of amides is 3. The van der Waals surface area contributed by atoms with Gasteiger partial charge >= 0.3 is 12.0 Å². The van der Waals surface area contributed by atoms with Crippen LogP contribution in [0.2, 0.25) is 0 Å². The molecule has 5 rings (SSSR count). The van der Waals surface area contributed by atoms with Gasteiger partial charge in [0.25, 0.3) is 5.91 Å². The van der Waals surface area contributed by atoms with Gasteiger partial charge in [0.1, 0.15) is 18.2 Å². The third-order valence-electron chi connectivity index (χ3n) is 7.30. The van der Waals surface area contributed by atoms with E-state index in [2.05, 4.69) is 21.2 Å². The summed E-state index contributed by atoms with van der Waals surface area (Å²) in [6.07, 6.45) is 1.47. The Morgan fingerprint density at radius 1 is 0.979 bits per heavy atom. The van der Waals surface area contributed by atoms with Crippen molar-refractivity contribution >= 4 is 34.9 Å². The van der Waals surface area contributed by atoms with Crippen molar-refractivity contribution < 1.29 is 37.7 Å². The van der Waals surface area contributed by atoms with Crippen molar-refractivity contribution in [3.05, 3.63) is 113 Å². The summed E-state index contributed by atoms with van der Waals surface area (Å²) in [6.45, 7) is 3.10. The summed E-state index contributed by atoms with van der Waals surface area (Å²) in [7, 11) is 1.43. The lowest BCUT2D eigenvalue weighted by Crippen LogP contribution is -2.45. The van der Waals surface area contributed by atoms with Gasteiger partial charge in [0.2, 0.25) is 0 Å². The maximum Gasteiger partial charge on any atom is 0.338 e. The van der Waals surface area contributed by atoms with Crippen LogP contribution in [0.4, 0.5) is 9.18 Å². The van der Waals surface area contributed by atoms with E-state index in [1.807, 2.05) is 30.3 Å². The van der Waals surface area contributed by atoms with E-state index in [1.54, 1.807) is 56.3 Å². The van der Waals surface area contributed by atoms with Crippen LogP contribution < -0.4 is 30.3 Å². The SMILES string of the molecule is CCOC(=O)C1=C(C)NC(=O)N[C@@H]1c1ccc(OCC(=O)N/N=C/c2c(OCc3ccccc3F)ccc3ccccc23)c(OC)c1. The Hall–Kier alpha value is -5.91. The highest BCUT2D eigenvalue weighted by Gasteiger charge is 2.32. The third-order valence-corrected chi connectivity index (χ3v) is 7.30. The second kappa shape index (κ2) is 14.9. The number of fused-ring (bicyclic) bond motifs is 1. The quantitative estimate of drug-likeness (QED) is 0.109. The van der Waals surface area contributed by atoms with Crippen LogP contribution in [0, 0.1) is 5.82 Å². The third kappa shape index (κ3) is 7.67. The number of ether oxygens (including phenoxy) is 4. The molecule has 0 radical (unpaired) electrons. The molecule has 0 unspecified atom stereocenters. The number of urea groups is 1. The van der Waals surface area contributed by atoms with Gasteiger partial charge in [-0.15, -0.1) is 0 Å². The van der Waals surface area contributed by atoms with Crippen LogP contribution in [0.25, 0.3) is 10.8 Å². The Balaban J connectivity index is 1.27. The van der Waals surface area contributed by atoms with E-state index in [4.69, 9.17) is 18.9 Å². The number of halogens is 1. The van der Waals surface area contributed by atoms with Gasteiger partial charge in [-0.1, -0.05) is 54.6 Å². The number of carbonyl (C=O) groups is 3. The van der Waals surface area contributed by atoms with Crippen LogP contribution in [-0.2, 0) is 20.9 Å². The van der Waals surface area contributed by atoms with Gasteiger partial charge in [0.15, 0.2) is 18.1 Å². The topological polar surface area (TPSA) is 137 Å². The van der Waals surface area contributed by atoms with E-state index >= 15 is 0 Å². The lowest BCUT2D eigenvalue weighted by atomic mass is 9.95. The first-order valence-electron chi connectivity index (χ1n) is 14.7. The molecule has 1 heterocycles. The maximum absolute atomic E-state index is 14.2. The number of allylic oxidation sites excluding steroid dienone is 1. The number of esters is 1. The highest BCUT2D eigenvalue weighted by atomic mass is 19.1. The Morgan fingerprint density at radius 3 is 2.53 bits per heavy atom. The van der Waals surface area contributed by atoms with Gasteiger partial charge in [0.05, 0.1) is 31.5 Å². The van der Waals surface area contributed by atoms with E-state index in [0.717, 1.165) is 10.8 Å². The van der Waals surface area contributed by atoms with Crippen LogP contribution in [0.3, 0.4) is 0 Å². The Morgan fingerprint density at radius 2 is 1.74 bits per heavy atom. The van der Waals surface area contributed by atoms with E-state index < -0.39 is 30.6 Å². The average Bonchev–Trinajstić information content (AvgIpc) is 3.07. The zero-order valence-electron chi connectivity index (χ0n) is 26.0. The van der Waals surface area contributed by atoms with Gasteiger partial charge < -0.3 is 29.6 Å². The molecule has 0 fully saturated rings. The molecule has 0 spiro atoms. The van der Waals surface area contributed by atoms with Crippen molar-refractivity contribution in [1.82, 2.24) is 16.1 Å². The number of benzene rings is 4. The smallest absolute Gasteiger partial charge is 0.338 e. The molecule has 12 heteroatoms. The highest BCUT2D eigenvalue weighted by molar-refractivity contribution is 6.02. The van der Waals surface area contributed by atoms with Gasteiger partial charge in [-0.05, 0) is 54.4 Å². The van der Waals surface area contributed by atoms with E-state index in [9.17, 15) is 18.8 Å². The minimum absolute atomic E-state index is 0.0106. The molecule has 0 aliphatic carbocycles. The molecule has 11 nitrogen and oxygen atoms in total. The van der Waals surface area contributed by atoms with Crippen LogP contribution in [0.1, 0.15) is 36.6 Å². The normalized spacial score (nSPS) is 14.4. The molecule has 4 aromatic rings. The van der Waals surface area contributed by atoms with Crippen LogP contribution in [-0.4, -0.2) is 44.4 Å². The summed E-state index contributed by atoms with van der Waals surface area (Å²) in [6, 6.07) is 21.2. The van der Waals surface area contributed by atoms with Crippen LogP contribution in [0.15, 0.2) is 95.2 Å². The minimum Gasteiger partial charge on any atom is -0.493 e. The van der Waals surface area contributed by atoms with Gasteiger partial charge in [-0.25, -0.2) is 19.4 Å². The lowest BCUT2D eigenvalue weighted by Gasteiger charge is -2.28. The van der Waals surface area contributed by atoms with Gasteiger partial charge in [-0.3, -0.25) is 4.79 Å². The van der Waals surface area contributed by atoms with E-state index in [0.29, 0.717) is 28.1 Å². The molecule has 242 valence electrons. The van der Waals surface area contributed by atoms with E-state index in [-0.39, 0.29) is 36.1 Å². The molecule has 3 amide bonds. The molecule has 1 atom stereocenters. The Labute approximate surface area is 270 Å². The fourth-order valence-electron chi connectivity index (χ4n) is 5.06. The predicted octanol–water partition coefficient (Wildman–Crippen LogP) is 5.29. The number of methoxy groups -OCH3 is 1. The summed E-state index contributed by atoms with van der Waals surface area (Å²) in [5.41, 5.74) is 4.64. The second-order valence-corrected chi connectivity index (χ2v) is 10.4. The molecule has 0 aromatic heterocycles. The summed E-state index contributed by atoms with van der Waals surface area (Å²) in [5.74, 6) is -0.478. The van der Waals surface area contributed by atoms with Crippen molar-refractivity contribution in [2.24, 2.45) is 5.10 Å². The average molecular weight is 641 g/mol. The van der Waals surface area contributed by atoms with Crippen molar-refractivity contribution in [3.8, 4) is 17.2 Å². The molecule has 0 saturated carbocycles. The molecule has 3 N–H and O–H groups in total. The number of hydrogen-bond donors (Lipinski definition) is 3. The fourth-order valence-corrected chi connectivity index (χ4v) is 5.06. The monoisotopic (exact) mass is 640 g/mol. The molecule has 1 aliphatic rings. The van der Waals surface area contributed by atoms with E-state index in [1.165, 1.54) is 19.4 Å². The summed E-state index contributed by atoms with van der Waals surface area (Å²) in [5, 5.41) is 11.2. The number of rotatable bonds is 12. The van der Waals surface area contributed by atoms with Gasteiger partial charge in [-0.2, -0.15) is 5.10 Å². The first-order valence-corrected chi connectivity index (χ1v) is 14.7. The Bertz CT molecular complexity index is 1870.